The number of halogens is 1. The Hall–Kier alpha value is -1.52. The van der Waals surface area contributed by atoms with E-state index in [2.05, 4.69) is 5.10 Å². The Morgan fingerprint density at radius 3 is 3.00 bits per heavy atom. The minimum atomic E-state index is -0.375. The number of nitrogens with zero attached hydrogens (tertiary/aromatic N) is 2. The molecule has 2 aromatic rings. The Kier molecular flexibility index (Phi) is 3.91. The molecule has 1 heterocycles. The first-order chi connectivity index (χ1) is 10.1. The highest BCUT2D eigenvalue weighted by Gasteiger charge is 2.21. The summed E-state index contributed by atoms with van der Waals surface area (Å²) in [5.74, 6) is 0.834. The Labute approximate surface area is 129 Å². The molecule has 112 valence electrons. The summed E-state index contributed by atoms with van der Waals surface area (Å²) in [4.78, 5) is 0. The average Bonchev–Trinajstić information content (AvgIpc) is 2.71. The van der Waals surface area contributed by atoms with Crippen molar-refractivity contribution < 1.29 is 9.84 Å². The van der Waals surface area contributed by atoms with Crippen molar-refractivity contribution in [3.05, 3.63) is 45.7 Å². The molecule has 0 fully saturated rings. The molecule has 0 bridgehead atoms. The Morgan fingerprint density at radius 1 is 1.48 bits per heavy atom. The smallest absolute Gasteiger partial charge is 0.131 e. The maximum Gasteiger partial charge on any atom is 0.131 e. The van der Waals surface area contributed by atoms with Crippen molar-refractivity contribution in [1.82, 2.24) is 9.78 Å². The van der Waals surface area contributed by atoms with E-state index in [4.69, 9.17) is 16.3 Å². The van der Waals surface area contributed by atoms with Crippen molar-refractivity contribution in [1.29, 1.82) is 0 Å². The van der Waals surface area contributed by atoms with Gasteiger partial charge in [0.05, 0.1) is 22.5 Å². The van der Waals surface area contributed by atoms with E-state index in [0.717, 1.165) is 47.5 Å². The van der Waals surface area contributed by atoms with E-state index in [1.54, 1.807) is 4.68 Å². The third-order valence-corrected chi connectivity index (χ3v) is 4.55. The molecule has 1 aromatic heterocycles. The first-order valence-electron chi connectivity index (χ1n) is 7.18. The molecular weight excluding hydrogens is 288 g/mol. The van der Waals surface area contributed by atoms with E-state index in [1.165, 1.54) is 0 Å². The van der Waals surface area contributed by atoms with Crippen LogP contribution in [0.4, 0.5) is 0 Å². The molecule has 1 aliphatic rings. The molecule has 0 saturated heterocycles. The number of aryl methyl sites for hydroxylation is 2. The van der Waals surface area contributed by atoms with Crippen LogP contribution in [0.1, 0.15) is 41.5 Å². The minimum Gasteiger partial charge on any atom is -0.487 e. The zero-order chi connectivity index (χ0) is 15.0. The molecule has 1 aliphatic carbocycles. The van der Waals surface area contributed by atoms with Crippen molar-refractivity contribution in [3.8, 4) is 5.75 Å². The summed E-state index contributed by atoms with van der Waals surface area (Å²) in [7, 11) is 1.86. The van der Waals surface area contributed by atoms with Gasteiger partial charge in [-0.3, -0.25) is 4.68 Å². The van der Waals surface area contributed by atoms with Gasteiger partial charge in [0.15, 0.2) is 0 Å². The Bertz CT molecular complexity index is 667. The molecule has 0 spiro atoms. The van der Waals surface area contributed by atoms with Gasteiger partial charge in [-0.05, 0) is 43.4 Å². The number of aliphatic hydroxyl groups is 1. The summed E-state index contributed by atoms with van der Waals surface area (Å²) in [6, 6.07) is 5.86. The van der Waals surface area contributed by atoms with Crippen molar-refractivity contribution in [2.24, 2.45) is 7.05 Å². The van der Waals surface area contributed by atoms with Gasteiger partial charge in [-0.15, -0.1) is 0 Å². The van der Waals surface area contributed by atoms with E-state index >= 15 is 0 Å². The zero-order valence-corrected chi connectivity index (χ0v) is 13.0. The van der Waals surface area contributed by atoms with E-state index in [0.29, 0.717) is 11.6 Å². The largest absolute Gasteiger partial charge is 0.487 e. The molecule has 3 rings (SSSR count). The lowest BCUT2D eigenvalue weighted by atomic mass is 9.89. The number of hydrogen-bond acceptors (Lipinski definition) is 3. The van der Waals surface area contributed by atoms with E-state index in [9.17, 15) is 5.11 Å². The van der Waals surface area contributed by atoms with Crippen LogP contribution in [0.2, 0.25) is 5.02 Å². The predicted octanol–water partition coefficient (Wildman–Crippen LogP) is 3.33. The molecule has 0 saturated carbocycles. The van der Waals surface area contributed by atoms with Crippen molar-refractivity contribution in [2.75, 3.05) is 0 Å². The lowest BCUT2D eigenvalue weighted by Crippen LogP contribution is -2.11. The lowest BCUT2D eigenvalue weighted by Gasteiger charge is -2.23. The number of benzene rings is 1. The maximum absolute atomic E-state index is 10.1. The summed E-state index contributed by atoms with van der Waals surface area (Å²) >= 11 is 6.24. The normalized spacial score (nSPS) is 17.6. The molecule has 1 unspecified atom stereocenters. The van der Waals surface area contributed by atoms with Crippen LogP contribution in [0.25, 0.3) is 0 Å². The second-order valence-corrected chi connectivity index (χ2v) is 5.87. The van der Waals surface area contributed by atoms with Crippen LogP contribution in [0, 0.1) is 6.92 Å². The molecule has 21 heavy (non-hydrogen) atoms. The van der Waals surface area contributed by atoms with Gasteiger partial charge in [-0.25, -0.2) is 0 Å². The van der Waals surface area contributed by atoms with Crippen molar-refractivity contribution >= 4 is 11.6 Å². The van der Waals surface area contributed by atoms with Gasteiger partial charge < -0.3 is 9.84 Å². The summed E-state index contributed by atoms with van der Waals surface area (Å²) in [6.07, 6.45) is 2.38. The number of hydrogen-bond donors (Lipinski definition) is 1. The maximum atomic E-state index is 10.1. The van der Waals surface area contributed by atoms with E-state index in [-0.39, 0.29) is 6.10 Å². The molecule has 4 nitrogen and oxygen atoms in total. The second-order valence-electron chi connectivity index (χ2n) is 5.49. The fraction of sp³-hybridized carbons (Fsp3) is 0.438. The highest BCUT2D eigenvalue weighted by molar-refractivity contribution is 6.31. The van der Waals surface area contributed by atoms with Gasteiger partial charge in [-0.2, -0.15) is 5.10 Å². The molecule has 1 N–H and O–H groups in total. The molecule has 5 heteroatoms. The molecule has 1 atom stereocenters. The average molecular weight is 307 g/mol. The van der Waals surface area contributed by atoms with Crippen molar-refractivity contribution in [3.63, 3.8) is 0 Å². The number of rotatable bonds is 3. The monoisotopic (exact) mass is 306 g/mol. The number of aromatic nitrogens is 2. The summed E-state index contributed by atoms with van der Waals surface area (Å²) in [6.45, 7) is 2.26. The van der Waals surface area contributed by atoms with Crippen LogP contribution < -0.4 is 4.74 Å². The molecule has 0 radical (unpaired) electrons. The minimum absolute atomic E-state index is 0.375. The first-order valence-corrected chi connectivity index (χ1v) is 7.56. The van der Waals surface area contributed by atoms with Crippen LogP contribution in [0.3, 0.4) is 0 Å². The van der Waals surface area contributed by atoms with E-state index in [1.807, 2.05) is 32.2 Å². The van der Waals surface area contributed by atoms with Crippen LogP contribution in [0.15, 0.2) is 18.2 Å². The first kappa shape index (κ1) is 14.4. The van der Waals surface area contributed by atoms with Gasteiger partial charge in [0, 0.05) is 7.05 Å². The molecule has 0 amide bonds. The quantitative estimate of drug-likeness (QED) is 0.946. The summed E-state index contributed by atoms with van der Waals surface area (Å²) in [5.41, 5.74) is 3.78. The Morgan fingerprint density at radius 2 is 2.29 bits per heavy atom. The van der Waals surface area contributed by atoms with Crippen LogP contribution in [-0.2, 0) is 20.1 Å². The fourth-order valence-electron chi connectivity index (χ4n) is 2.91. The predicted molar refractivity (Wildman–Crippen MR) is 81.6 cm³/mol. The summed E-state index contributed by atoms with van der Waals surface area (Å²) in [5, 5.41) is 15.0. The van der Waals surface area contributed by atoms with Gasteiger partial charge in [-0.1, -0.05) is 23.7 Å². The molecule has 0 aliphatic heterocycles. The third-order valence-electron chi connectivity index (χ3n) is 4.06. The third kappa shape index (κ3) is 2.65. The molecule has 1 aromatic carbocycles. The summed E-state index contributed by atoms with van der Waals surface area (Å²) < 4.78 is 7.71. The highest BCUT2D eigenvalue weighted by atomic mass is 35.5. The van der Waals surface area contributed by atoms with Gasteiger partial charge >= 0.3 is 0 Å². The number of ether oxygens (including phenoxy) is 1. The topological polar surface area (TPSA) is 47.3 Å². The number of fused-ring (bicyclic) bond motifs is 1. The van der Waals surface area contributed by atoms with Crippen LogP contribution in [-0.4, -0.2) is 14.9 Å². The molecular formula is C16H19ClN2O2. The van der Waals surface area contributed by atoms with E-state index < -0.39 is 0 Å². The SMILES string of the molecule is Cc1nn(C)c(COc2cccc3c2CCCC3O)c1Cl. The van der Waals surface area contributed by atoms with Gasteiger partial charge in [0.1, 0.15) is 12.4 Å². The lowest BCUT2D eigenvalue weighted by molar-refractivity contribution is 0.155. The highest BCUT2D eigenvalue weighted by Crippen LogP contribution is 2.35. The fourth-order valence-corrected chi connectivity index (χ4v) is 3.12. The van der Waals surface area contributed by atoms with Crippen LogP contribution in [0.5, 0.6) is 5.75 Å². The Balaban J connectivity index is 1.84. The van der Waals surface area contributed by atoms with Gasteiger partial charge in [0.2, 0.25) is 0 Å². The standard InChI is InChI=1S/C16H19ClN2O2/c1-10-16(17)13(19(2)18-10)9-21-15-8-4-5-11-12(15)6-3-7-14(11)20/h4-5,8,14,20H,3,6-7,9H2,1-2H3. The number of aliphatic hydroxyl groups excluding tert-OH is 1. The van der Waals surface area contributed by atoms with Crippen molar-refractivity contribution in [2.45, 2.75) is 38.9 Å². The van der Waals surface area contributed by atoms with Crippen LogP contribution >= 0.6 is 11.6 Å². The zero-order valence-electron chi connectivity index (χ0n) is 12.3. The second kappa shape index (κ2) is 5.70. The van der Waals surface area contributed by atoms with Gasteiger partial charge in [0.25, 0.3) is 0 Å².